The van der Waals surface area contributed by atoms with Crippen molar-refractivity contribution in [1.82, 2.24) is 9.88 Å². The number of H-pyrrole nitrogens is 1. The van der Waals surface area contributed by atoms with E-state index in [-0.39, 0.29) is 0 Å². The van der Waals surface area contributed by atoms with Crippen molar-refractivity contribution in [3.05, 3.63) is 36.0 Å². The summed E-state index contributed by atoms with van der Waals surface area (Å²) in [6.07, 6.45) is 1.75. The zero-order valence-electron chi connectivity index (χ0n) is 11.2. The lowest BCUT2D eigenvalue weighted by Gasteiger charge is -2.44. The maximum absolute atomic E-state index is 10.8. The van der Waals surface area contributed by atoms with Crippen molar-refractivity contribution in [3.63, 3.8) is 0 Å². The van der Waals surface area contributed by atoms with Crippen molar-refractivity contribution >= 4 is 26.6 Å². The lowest BCUT2D eigenvalue weighted by atomic mass is 9.60. The van der Waals surface area contributed by atoms with Crippen LogP contribution in [0.3, 0.4) is 0 Å². The fourth-order valence-corrected chi connectivity index (χ4v) is 2.16. The second-order valence-corrected chi connectivity index (χ2v) is 5.24. The van der Waals surface area contributed by atoms with Crippen molar-refractivity contribution in [2.24, 2.45) is 0 Å². The van der Waals surface area contributed by atoms with E-state index in [1.165, 1.54) is 0 Å². The highest BCUT2D eigenvalue weighted by Gasteiger charge is 2.45. The van der Waals surface area contributed by atoms with Gasteiger partial charge in [0.1, 0.15) is 5.62 Å². The summed E-state index contributed by atoms with van der Waals surface area (Å²) < 4.78 is 0. The molecular weight excluding hydrogens is 226 g/mol. The van der Waals surface area contributed by atoms with E-state index in [0.29, 0.717) is 5.56 Å². The molecular formula is C12H18B2N2O2. The summed E-state index contributed by atoms with van der Waals surface area (Å²) in [6, 6.07) is 7.72. The average Bonchev–Trinajstić information content (AvgIpc) is 2.72. The molecule has 0 radical (unpaired) electrons. The number of hydrogen-bond donors (Lipinski definition) is 3. The molecule has 0 aliphatic carbocycles. The molecule has 2 rings (SSSR count). The number of aromatic nitrogens is 1. The third-order valence-electron chi connectivity index (χ3n) is 3.91. The fraction of sp³-hybridized carbons (Fsp3) is 0.333. The van der Waals surface area contributed by atoms with Gasteiger partial charge in [-0.1, -0.05) is 18.2 Å². The van der Waals surface area contributed by atoms with E-state index < -0.39 is 11.1 Å². The highest BCUT2D eigenvalue weighted by molar-refractivity contribution is 6.25. The van der Waals surface area contributed by atoms with Crippen LogP contribution in [-0.2, 0) is 5.50 Å². The molecule has 1 aromatic heterocycles. The summed E-state index contributed by atoms with van der Waals surface area (Å²) in [6.45, 7) is 0. The number of aliphatic hydroxyl groups is 2. The molecule has 0 saturated carbocycles. The molecule has 2 unspecified atom stereocenters. The van der Waals surface area contributed by atoms with Gasteiger partial charge < -0.3 is 15.2 Å². The molecule has 6 heteroatoms. The molecule has 18 heavy (non-hydrogen) atoms. The van der Waals surface area contributed by atoms with E-state index in [1.807, 2.05) is 24.3 Å². The van der Waals surface area contributed by atoms with Crippen LogP contribution in [0.4, 0.5) is 0 Å². The van der Waals surface area contributed by atoms with Gasteiger partial charge >= 0.3 is 0 Å². The Bertz CT molecular complexity index is 564. The van der Waals surface area contributed by atoms with Crippen LogP contribution in [0.25, 0.3) is 10.9 Å². The van der Waals surface area contributed by atoms with Crippen LogP contribution >= 0.6 is 0 Å². The van der Waals surface area contributed by atoms with Crippen LogP contribution < -0.4 is 0 Å². The number of para-hydroxylation sites is 1. The maximum atomic E-state index is 10.8. The Morgan fingerprint density at radius 3 is 2.39 bits per heavy atom. The lowest BCUT2D eigenvalue weighted by molar-refractivity contribution is -0.126. The molecule has 1 heterocycles. The number of likely N-dealkylation sites (N-methyl/N-ethyl adjacent to an activating group) is 1. The van der Waals surface area contributed by atoms with Gasteiger partial charge in [0.25, 0.3) is 0 Å². The summed E-state index contributed by atoms with van der Waals surface area (Å²) in [4.78, 5) is 4.72. The molecule has 2 atom stereocenters. The van der Waals surface area contributed by atoms with Gasteiger partial charge in [0.2, 0.25) is 0 Å². The Balaban J connectivity index is 2.60. The van der Waals surface area contributed by atoms with Crippen LogP contribution in [0, 0.1) is 0 Å². The number of nitrogens with zero attached hydrogens (tertiary/aromatic N) is 1. The third kappa shape index (κ3) is 1.77. The molecule has 0 fully saturated rings. The quantitative estimate of drug-likeness (QED) is 0.468. The Morgan fingerprint density at radius 1 is 1.17 bits per heavy atom. The standard InChI is InChI=1S/C12H18B2N2O2/c1-16(2)12(14,18)11(13,17)9-7-15-10-6-4-3-5-8(9)10/h3-7,15,17-18H,13-14H2,1-2H3. The van der Waals surface area contributed by atoms with E-state index in [0.717, 1.165) is 10.9 Å². The summed E-state index contributed by atoms with van der Waals surface area (Å²) in [5, 5.41) is 22.2. The number of aromatic amines is 1. The highest BCUT2D eigenvalue weighted by atomic mass is 16.4. The smallest absolute Gasteiger partial charge is 0.165 e. The Morgan fingerprint density at radius 2 is 1.78 bits per heavy atom. The molecule has 1 aromatic carbocycles. The second-order valence-electron chi connectivity index (χ2n) is 5.24. The SMILES string of the molecule is BC(O)(c1c[nH]c2ccccc12)C(B)(O)N(C)C. The van der Waals surface area contributed by atoms with Crippen LogP contribution in [0.1, 0.15) is 5.56 Å². The second kappa shape index (κ2) is 4.16. The molecule has 0 saturated heterocycles. The number of fused-ring (bicyclic) bond motifs is 1. The normalized spacial score (nSPS) is 18.7. The van der Waals surface area contributed by atoms with Crippen molar-refractivity contribution < 1.29 is 10.2 Å². The predicted octanol–water partition coefficient (Wildman–Crippen LogP) is -1.21. The van der Waals surface area contributed by atoms with Crippen LogP contribution in [0.5, 0.6) is 0 Å². The summed E-state index contributed by atoms with van der Waals surface area (Å²) in [7, 11) is 6.71. The number of hydrogen-bond acceptors (Lipinski definition) is 3. The van der Waals surface area contributed by atoms with Gasteiger partial charge in [-0.2, -0.15) is 0 Å². The molecule has 0 amide bonds. The molecule has 3 N–H and O–H groups in total. The van der Waals surface area contributed by atoms with Crippen LogP contribution in [-0.4, -0.2) is 55.5 Å². The molecule has 0 bridgehead atoms. The van der Waals surface area contributed by atoms with Crippen molar-refractivity contribution in [3.8, 4) is 0 Å². The Kier molecular flexibility index (Phi) is 3.05. The summed E-state index contributed by atoms with van der Waals surface area (Å²) in [5.41, 5.74) is -1.10. The van der Waals surface area contributed by atoms with Gasteiger partial charge in [-0.25, -0.2) is 0 Å². The average molecular weight is 244 g/mol. The fourth-order valence-electron chi connectivity index (χ4n) is 2.16. The van der Waals surface area contributed by atoms with E-state index in [9.17, 15) is 10.2 Å². The van der Waals surface area contributed by atoms with E-state index in [4.69, 9.17) is 0 Å². The van der Waals surface area contributed by atoms with Gasteiger partial charge in [-0.15, -0.1) is 0 Å². The zero-order valence-corrected chi connectivity index (χ0v) is 11.2. The zero-order chi connectivity index (χ0) is 13.6. The van der Waals surface area contributed by atoms with Crippen molar-refractivity contribution in [1.29, 1.82) is 0 Å². The number of benzene rings is 1. The van der Waals surface area contributed by atoms with Gasteiger partial charge in [-0.05, 0) is 20.2 Å². The predicted molar refractivity (Wildman–Crippen MR) is 77.9 cm³/mol. The third-order valence-corrected chi connectivity index (χ3v) is 3.91. The van der Waals surface area contributed by atoms with E-state index in [1.54, 1.807) is 40.9 Å². The molecule has 0 aliphatic heterocycles. The molecule has 4 nitrogen and oxygen atoms in total. The molecule has 94 valence electrons. The van der Waals surface area contributed by atoms with Gasteiger partial charge in [-0.3, -0.25) is 4.90 Å². The first-order chi connectivity index (χ1) is 8.28. The van der Waals surface area contributed by atoms with Crippen LogP contribution in [0.2, 0.25) is 0 Å². The minimum atomic E-state index is -1.38. The molecule has 2 aromatic rings. The monoisotopic (exact) mass is 244 g/mol. The summed E-state index contributed by atoms with van der Waals surface area (Å²) >= 11 is 0. The Labute approximate surface area is 108 Å². The van der Waals surface area contributed by atoms with Crippen LogP contribution in [0.15, 0.2) is 30.5 Å². The van der Waals surface area contributed by atoms with Gasteiger partial charge in [0.05, 0.1) is 5.50 Å². The topological polar surface area (TPSA) is 59.5 Å². The first kappa shape index (κ1) is 13.2. The molecule has 0 spiro atoms. The van der Waals surface area contributed by atoms with E-state index >= 15 is 0 Å². The highest BCUT2D eigenvalue weighted by Crippen LogP contribution is 2.34. The largest absolute Gasteiger partial charge is 0.391 e. The Hall–Kier alpha value is -1.23. The maximum Gasteiger partial charge on any atom is 0.165 e. The van der Waals surface area contributed by atoms with Gasteiger partial charge in [0, 0.05) is 22.7 Å². The molecule has 0 aliphatic rings. The summed E-state index contributed by atoms with van der Waals surface area (Å²) in [5.74, 6) is 0. The van der Waals surface area contributed by atoms with E-state index in [2.05, 4.69) is 4.98 Å². The van der Waals surface area contributed by atoms with Crippen molar-refractivity contribution in [2.45, 2.75) is 11.1 Å². The van der Waals surface area contributed by atoms with Gasteiger partial charge in [0.15, 0.2) is 15.7 Å². The number of rotatable bonds is 3. The minimum absolute atomic E-state index is 0.691. The van der Waals surface area contributed by atoms with Crippen molar-refractivity contribution in [2.75, 3.05) is 14.1 Å². The lowest BCUT2D eigenvalue weighted by Crippen LogP contribution is -2.61. The number of nitrogens with one attached hydrogen (secondary N) is 1. The first-order valence-corrected chi connectivity index (χ1v) is 5.97. The first-order valence-electron chi connectivity index (χ1n) is 5.97. The minimum Gasteiger partial charge on any atom is -0.391 e.